The molecule has 0 atom stereocenters. The molecule has 0 heterocycles. The molecule has 2 aromatic carbocycles. The van der Waals surface area contributed by atoms with Gasteiger partial charge < -0.3 is 0 Å². The monoisotopic (exact) mass is 492 g/mol. The Morgan fingerprint density at radius 2 is 0.871 bits per heavy atom. The number of nitrogens with zero attached hydrogens (tertiary/aromatic N) is 4. The van der Waals surface area contributed by atoms with E-state index in [1.54, 1.807) is 0 Å². The van der Waals surface area contributed by atoms with Crippen molar-refractivity contribution in [2.75, 3.05) is 0 Å². The standard InChI is InChI=1S/C12H8N6O10S3/c13-29-9-1-5(15(19)20)7(17(23)24)3-11(9)31(27,28)12-4-8(18(25)26)6(16(21)22)2-10(12)30-14/h1-4H,13-14H2. The minimum Gasteiger partial charge on any atom is -0.274 e. The third-order valence-electron chi connectivity index (χ3n) is 3.70. The van der Waals surface area contributed by atoms with Gasteiger partial charge in [0.2, 0.25) is 9.84 Å². The van der Waals surface area contributed by atoms with Crippen molar-refractivity contribution in [3.63, 3.8) is 0 Å². The second kappa shape index (κ2) is 8.77. The van der Waals surface area contributed by atoms with Gasteiger partial charge in [-0.05, 0) is 23.9 Å². The number of hydrogen-bond acceptors (Lipinski definition) is 14. The molecule has 2 rings (SSSR count). The van der Waals surface area contributed by atoms with Crippen LogP contribution < -0.4 is 10.3 Å². The minimum absolute atomic E-state index is 0.215. The second-order valence-electron chi connectivity index (χ2n) is 5.34. The summed E-state index contributed by atoms with van der Waals surface area (Å²) < 4.78 is 26.4. The summed E-state index contributed by atoms with van der Waals surface area (Å²) in [6.45, 7) is 0. The number of rotatable bonds is 8. The van der Waals surface area contributed by atoms with Crippen molar-refractivity contribution in [3.8, 4) is 0 Å². The summed E-state index contributed by atoms with van der Waals surface area (Å²) in [5.41, 5.74) is -4.44. The van der Waals surface area contributed by atoms with E-state index < -0.39 is 71.9 Å². The Labute approximate surface area is 179 Å². The summed E-state index contributed by atoms with van der Waals surface area (Å²) in [7, 11) is -4.88. The van der Waals surface area contributed by atoms with Crippen LogP contribution in [0.4, 0.5) is 22.7 Å². The average molecular weight is 492 g/mol. The summed E-state index contributed by atoms with van der Waals surface area (Å²) in [5, 5.41) is 55.3. The van der Waals surface area contributed by atoms with Gasteiger partial charge >= 0.3 is 22.7 Å². The fourth-order valence-electron chi connectivity index (χ4n) is 2.38. The summed E-state index contributed by atoms with van der Waals surface area (Å²) in [6.07, 6.45) is 0. The molecular weight excluding hydrogens is 484 g/mol. The SMILES string of the molecule is NSc1cc([N+](=O)[O-])c([N+](=O)[O-])cc1S(=O)(=O)c1cc([N+](=O)[O-])c([N+](=O)[O-])cc1SN. The average Bonchev–Trinajstić information content (AvgIpc) is 2.71. The first-order chi connectivity index (χ1) is 14.4. The van der Waals surface area contributed by atoms with Gasteiger partial charge in [-0.2, -0.15) is 0 Å². The van der Waals surface area contributed by atoms with Gasteiger partial charge in [0.1, 0.15) is 0 Å². The zero-order valence-electron chi connectivity index (χ0n) is 14.6. The van der Waals surface area contributed by atoms with Crippen LogP contribution in [0.5, 0.6) is 0 Å². The van der Waals surface area contributed by atoms with Gasteiger partial charge in [0.05, 0.1) is 29.5 Å². The van der Waals surface area contributed by atoms with E-state index in [1.165, 1.54) is 0 Å². The Bertz CT molecular complexity index is 1160. The first-order valence-corrected chi connectivity index (χ1v) is 10.5. The van der Waals surface area contributed by atoms with Gasteiger partial charge in [0.15, 0.2) is 0 Å². The molecule has 164 valence electrons. The molecular formula is C12H8N6O10S3. The van der Waals surface area contributed by atoms with E-state index in [4.69, 9.17) is 10.3 Å². The van der Waals surface area contributed by atoms with Crippen LogP contribution in [0.3, 0.4) is 0 Å². The van der Waals surface area contributed by atoms with Crippen LogP contribution in [0.25, 0.3) is 0 Å². The fraction of sp³-hybridized carbons (Fsp3) is 0. The van der Waals surface area contributed by atoms with Crippen molar-refractivity contribution in [1.82, 2.24) is 0 Å². The first kappa shape index (κ1) is 23.9. The van der Waals surface area contributed by atoms with E-state index in [9.17, 15) is 48.9 Å². The van der Waals surface area contributed by atoms with E-state index >= 15 is 0 Å². The van der Waals surface area contributed by atoms with Gasteiger partial charge in [-0.1, -0.05) is 0 Å². The number of benzene rings is 2. The van der Waals surface area contributed by atoms with Crippen molar-refractivity contribution in [2.24, 2.45) is 10.3 Å². The molecule has 0 aliphatic rings. The Hall–Kier alpha value is -3.39. The molecule has 0 radical (unpaired) electrons. The van der Waals surface area contributed by atoms with Gasteiger partial charge in [0.25, 0.3) is 0 Å². The maximum Gasteiger partial charge on any atom is 0.347 e. The van der Waals surface area contributed by atoms with Crippen LogP contribution in [-0.4, -0.2) is 28.1 Å². The maximum absolute atomic E-state index is 13.2. The number of nitro groups is 4. The van der Waals surface area contributed by atoms with Gasteiger partial charge in [-0.15, -0.1) is 0 Å². The zero-order valence-corrected chi connectivity index (χ0v) is 17.0. The molecule has 0 aromatic heterocycles. The summed E-state index contributed by atoms with van der Waals surface area (Å²) in [5.74, 6) is 0. The molecule has 0 saturated carbocycles. The lowest BCUT2D eigenvalue weighted by atomic mass is 10.2. The molecule has 0 unspecified atom stereocenters. The predicted molar refractivity (Wildman–Crippen MR) is 105 cm³/mol. The summed E-state index contributed by atoms with van der Waals surface area (Å²) >= 11 is 0.429. The van der Waals surface area contributed by atoms with Crippen LogP contribution in [0, 0.1) is 40.5 Å². The molecule has 0 fully saturated rings. The van der Waals surface area contributed by atoms with Crippen molar-refractivity contribution >= 4 is 56.5 Å². The second-order valence-corrected chi connectivity index (χ2v) is 8.58. The highest BCUT2D eigenvalue weighted by molar-refractivity contribution is 7.99. The molecule has 0 bridgehead atoms. The van der Waals surface area contributed by atoms with Crippen molar-refractivity contribution in [1.29, 1.82) is 0 Å². The van der Waals surface area contributed by atoms with Crippen molar-refractivity contribution in [2.45, 2.75) is 19.6 Å². The van der Waals surface area contributed by atoms with E-state index in [2.05, 4.69) is 0 Å². The lowest BCUT2D eigenvalue weighted by Crippen LogP contribution is -2.10. The number of sulfone groups is 1. The van der Waals surface area contributed by atoms with Crippen molar-refractivity contribution < 1.29 is 28.1 Å². The van der Waals surface area contributed by atoms with Gasteiger partial charge in [0, 0.05) is 34.1 Å². The molecule has 0 spiro atoms. The van der Waals surface area contributed by atoms with E-state index in [0.29, 0.717) is 24.3 Å². The van der Waals surface area contributed by atoms with Crippen molar-refractivity contribution in [3.05, 3.63) is 64.7 Å². The largest absolute Gasteiger partial charge is 0.347 e. The predicted octanol–water partition coefficient (Wildman–Crippen LogP) is 2.08. The topological polar surface area (TPSA) is 259 Å². The number of nitrogens with two attached hydrogens (primary N) is 2. The molecule has 2 aromatic rings. The molecule has 19 heteroatoms. The lowest BCUT2D eigenvalue weighted by molar-refractivity contribution is -0.422. The van der Waals surface area contributed by atoms with Gasteiger partial charge in [-0.25, -0.2) is 8.42 Å². The normalized spacial score (nSPS) is 11.2. The summed E-state index contributed by atoms with van der Waals surface area (Å²) in [6, 6.07) is 1.87. The molecule has 31 heavy (non-hydrogen) atoms. The number of hydrogen-bond donors (Lipinski definition) is 2. The highest BCUT2D eigenvalue weighted by atomic mass is 32.2. The van der Waals surface area contributed by atoms with E-state index in [1.807, 2.05) is 0 Å². The van der Waals surface area contributed by atoms with Gasteiger partial charge in [-0.3, -0.25) is 50.7 Å². The minimum atomic E-state index is -4.88. The molecule has 0 aliphatic heterocycles. The fourth-order valence-corrected chi connectivity index (χ4v) is 5.46. The molecule has 4 N–H and O–H groups in total. The smallest absolute Gasteiger partial charge is 0.274 e. The molecule has 0 aliphatic carbocycles. The Morgan fingerprint density at radius 3 is 1.10 bits per heavy atom. The maximum atomic E-state index is 13.2. The van der Waals surface area contributed by atoms with Crippen LogP contribution in [0.2, 0.25) is 0 Å². The Morgan fingerprint density at radius 1 is 0.613 bits per heavy atom. The van der Waals surface area contributed by atoms with E-state index in [-0.39, 0.29) is 23.9 Å². The van der Waals surface area contributed by atoms with Crippen LogP contribution in [0.15, 0.2) is 43.8 Å². The highest BCUT2D eigenvalue weighted by Crippen LogP contribution is 2.42. The molecule has 0 amide bonds. The third-order valence-corrected chi connectivity index (χ3v) is 6.98. The third kappa shape index (κ3) is 4.39. The first-order valence-electron chi connectivity index (χ1n) is 7.29. The lowest BCUT2D eigenvalue weighted by Gasteiger charge is -2.12. The zero-order chi connectivity index (χ0) is 23.7. The Balaban J connectivity index is 2.96. The van der Waals surface area contributed by atoms with Crippen LogP contribution in [0.1, 0.15) is 0 Å². The Kier molecular flexibility index (Phi) is 6.76. The molecule has 0 saturated heterocycles. The van der Waals surface area contributed by atoms with Crippen LogP contribution >= 0.6 is 23.9 Å². The number of nitro benzene ring substituents is 4. The van der Waals surface area contributed by atoms with E-state index in [0.717, 1.165) is 0 Å². The van der Waals surface area contributed by atoms with Crippen LogP contribution in [-0.2, 0) is 9.84 Å². The molecule has 16 nitrogen and oxygen atoms in total. The quantitative estimate of drug-likeness (QED) is 0.303. The summed E-state index contributed by atoms with van der Waals surface area (Å²) in [4.78, 5) is 37.2. The highest BCUT2D eigenvalue weighted by Gasteiger charge is 2.36.